The number of carbonyl (C=O) groups excluding carboxylic acids is 1. The first-order valence-corrected chi connectivity index (χ1v) is 5.37. The molecule has 0 amide bonds. The zero-order chi connectivity index (χ0) is 11.7. The number of nitrogens with one attached hydrogen (secondary N) is 2. The summed E-state index contributed by atoms with van der Waals surface area (Å²) in [6.45, 7) is 6.31. The Morgan fingerprint density at radius 2 is 2.25 bits per heavy atom. The Morgan fingerprint density at radius 1 is 1.50 bits per heavy atom. The largest absolute Gasteiger partial charge is 0.388 e. The van der Waals surface area contributed by atoms with Crippen molar-refractivity contribution in [3.63, 3.8) is 0 Å². The van der Waals surface area contributed by atoms with E-state index in [0.717, 1.165) is 11.3 Å². The molecule has 16 heavy (non-hydrogen) atoms. The van der Waals surface area contributed by atoms with Gasteiger partial charge in [-0.1, -0.05) is 18.7 Å². The molecule has 3 heteroatoms. The van der Waals surface area contributed by atoms with Gasteiger partial charge in [0.15, 0.2) is 5.78 Å². The minimum Gasteiger partial charge on any atom is -0.388 e. The van der Waals surface area contributed by atoms with Gasteiger partial charge in [-0.15, -0.1) is 0 Å². The number of carbonyl (C=O) groups is 1. The van der Waals surface area contributed by atoms with E-state index in [1.807, 2.05) is 25.2 Å². The van der Waals surface area contributed by atoms with Crippen LogP contribution in [0.25, 0.3) is 0 Å². The van der Waals surface area contributed by atoms with Crippen molar-refractivity contribution in [2.45, 2.75) is 13.0 Å². The quantitative estimate of drug-likeness (QED) is 0.741. The molecule has 3 nitrogen and oxygen atoms in total. The van der Waals surface area contributed by atoms with Gasteiger partial charge in [0.1, 0.15) is 0 Å². The Hall–Kier alpha value is -1.61. The number of hydrogen-bond acceptors (Lipinski definition) is 3. The summed E-state index contributed by atoms with van der Waals surface area (Å²) in [6, 6.07) is 6.03. The Morgan fingerprint density at radius 3 is 2.81 bits per heavy atom. The molecule has 2 rings (SSSR count). The van der Waals surface area contributed by atoms with Gasteiger partial charge in [0.05, 0.1) is 12.6 Å². The topological polar surface area (TPSA) is 41.1 Å². The molecule has 1 heterocycles. The maximum atomic E-state index is 11.4. The molecule has 1 aromatic carbocycles. The normalized spacial score (nSPS) is 20.2. The molecule has 0 saturated carbocycles. The minimum absolute atomic E-state index is 0.0270. The van der Waals surface area contributed by atoms with E-state index in [4.69, 9.17) is 0 Å². The molecule has 2 N–H and O–H groups in total. The van der Waals surface area contributed by atoms with Gasteiger partial charge in [-0.2, -0.15) is 0 Å². The number of hydrogen-bond donors (Lipinski definition) is 2. The predicted molar refractivity (Wildman–Crippen MR) is 65.6 cm³/mol. The van der Waals surface area contributed by atoms with Crippen LogP contribution in [0.5, 0.6) is 0 Å². The summed E-state index contributed by atoms with van der Waals surface area (Å²) in [7, 11) is 1.90. The second-order valence-electron chi connectivity index (χ2n) is 4.03. The zero-order valence-electron chi connectivity index (χ0n) is 9.63. The van der Waals surface area contributed by atoms with E-state index in [2.05, 4.69) is 24.1 Å². The molecular weight excluding hydrogens is 200 g/mol. The molecule has 1 aliphatic heterocycles. The van der Waals surface area contributed by atoms with E-state index in [-0.39, 0.29) is 11.8 Å². The summed E-state index contributed by atoms with van der Waals surface area (Å²) >= 11 is 0. The van der Waals surface area contributed by atoms with Crippen LogP contribution in [0.2, 0.25) is 0 Å². The first kappa shape index (κ1) is 10.9. The molecule has 1 aliphatic rings. The van der Waals surface area contributed by atoms with Crippen LogP contribution in [0.3, 0.4) is 0 Å². The maximum absolute atomic E-state index is 11.4. The predicted octanol–water partition coefficient (Wildman–Crippen LogP) is 1.81. The van der Waals surface area contributed by atoms with E-state index in [1.165, 1.54) is 5.56 Å². The van der Waals surface area contributed by atoms with Crippen molar-refractivity contribution in [1.82, 2.24) is 5.32 Å². The number of Topliss-reactive ketones (excluding diaryl/α,β-unsaturated/α-hetero) is 1. The van der Waals surface area contributed by atoms with Crippen LogP contribution >= 0.6 is 0 Å². The van der Waals surface area contributed by atoms with Crippen molar-refractivity contribution in [2.75, 3.05) is 18.9 Å². The van der Waals surface area contributed by atoms with E-state index >= 15 is 0 Å². The van der Waals surface area contributed by atoms with Crippen molar-refractivity contribution < 1.29 is 4.79 Å². The number of ketones is 1. The number of benzene rings is 1. The van der Waals surface area contributed by atoms with Gasteiger partial charge < -0.3 is 5.32 Å². The third kappa shape index (κ3) is 1.63. The molecule has 1 atom stereocenters. The lowest BCUT2D eigenvalue weighted by Crippen LogP contribution is -2.15. The van der Waals surface area contributed by atoms with Gasteiger partial charge >= 0.3 is 0 Å². The monoisotopic (exact) mass is 216 g/mol. The lowest BCUT2D eigenvalue weighted by molar-refractivity contribution is -0.113. The summed E-state index contributed by atoms with van der Waals surface area (Å²) in [5.74, 6) is 0.110. The highest BCUT2D eigenvalue weighted by molar-refractivity contribution is 6.00. The first-order chi connectivity index (χ1) is 7.65. The van der Waals surface area contributed by atoms with E-state index < -0.39 is 0 Å². The fourth-order valence-corrected chi connectivity index (χ4v) is 2.13. The number of anilines is 1. The molecule has 0 aliphatic carbocycles. The van der Waals surface area contributed by atoms with Crippen LogP contribution in [0, 0.1) is 6.92 Å². The van der Waals surface area contributed by atoms with Gasteiger partial charge in [-0.3, -0.25) is 10.1 Å². The highest BCUT2D eigenvalue weighted by atomic mass is 16.1. The highest BCUT2D eigenvalue weighted by Crippen LogP contribution is 2.30. The average molecular weight is 216 g/mol. The van der Waals surface area contributed by atoms with Gasteiger partial charge in [0, 0.05) is 18.3 Å². The molecule has 0 aromatic heterocycles. The molecule has 84 valence electrons. The fraction of sp³-hybridized carbons (Fsp3) is 0.308. The standard InChI is InChI=1S/C13H16N2O/c1-8-10(5-4-6-11(8)14-3)13-9(2)12(16)7-15-13/h4-6,13-15H,2,7H2,1,3H3/t13-/m0/s1. The SMILES string of the molecule is C=C1C(=O)CN[C@@H]1c1cccc(NC)c1C. The Balaban J connectivity index is 2.41. The molecule has 0 unspecified atom stereocenters. The lowest BCUT2D eigenvalue weighted by Gasteiger charge is -2.16. The second kappa shape index (κ2) is 4.10. The van der Waals surface area contributed by atoms with Gasteiger partial charge in [-0.25, -0.2) is 0 Å². The zero-order valence-corrected chi connectivity index (χ0v) is 9.63. The molecule has 1 saturated heterocycles. The van der Waals surface area contributed by atoms with Crippen LogP contribution in [0.1, 0.15) is 17.2 Å². The third-order valence-corrected chi connectivity index (χ3v) is 3.13. The van der Waals surface area contributed by atoms with Gasteiger partial charge in [-0.05, 0) is 24.1 Å². The minimum atomic E-state index is -0.0270. The smallest absolute Gasteiger partial charge is 0.173 e. The van der Waals surface area contributed by atoms with Crippen LogP contribution < -0.4 is 10.6 Å². The summed E-state index contributed by atoms with van der Waals surface area (Å²) in [6.07, 6.45) is 0. The van der Waals surface area contributed by atoms with Crippen molar-refractivity contribution in [1.29, 1.82) is 0 Å². The number of rotatable bonds is 2. The molecule has 0 spiro atoms. The van der Waals surface area contributed by atoms with Crippen LogP contribution in [-0.2, 0) is 4.79 Å². The van der Waals surface area contributed by atoms with Crippen LogP contribution in [0.15, 0.2) is 30.4 Å². The van der Waals surface area contributed by atoms with E-state index in [9.17, 15) is 4.79 Å². The van der Waals surface area contributed by atoms with Gasteiger partial charge in [0.25, 0.3) is 0 Å². The van der Waals surface area contributed by atoms with Crippen LogP contribution in [0.4, 0.5) is 5.69 Å². The molecule has 0 radical (unpaired) electrons. The van der Waals surface area contributed by atoms with Crippen molar-refractivity contribution in [3.8, 4) is 0 Å². The fourth-order valence-electron chi connectivity index (χ4n) is 2.13. The molecule has 0 bridgehead atoms. The second-order valence-corrected chi connectivity index (χ2v) is 4.03. The summed E-state index contributed by atoms with van der Waals surface area (Å²) < 4.78 is 0. The highest BCUT2D eigenvalue weighted by Gasteiger charge is 2.28. The summed E-state index contributed by atoms with van der Waals surface area (Å²) in [4.78, 5) is 11.4. The van der Waals surface area contributed by atoms with Crippen LogP contribution in [-0.4, -0.2) is 19.4 Å². The lowest BCUT2D eigenvalue weighted by atomic mass is 9.96. The average Bonchev–Trinajstić information content (AvgIpc) is 2.61. The maximum Gasteiger partial charge on any atom is 0.173 e. The Bertz CT molecular complexity index is 451. The Kier molecular flexibility index (Phi) is 2.79. The summed E-state index contributed by atoms with van der Waals surface area (Å²) in [5, 5.41) is 6.33. The summed E-state index contributed by atoms with van der Waals surface area (Å²) in [5.41, 5.74) is 4.05. The first-order valence-electron chi connectivity index (χ1n) is 5.37. The van der Waals surface area contributed by atoms with Gasteiger partial charge in [0.2, 0.25) is 0 Å². The Labute approximate surface area is 95.6 Å². The van der Waals surface area contributed by atoms with Crippen molar-refractivity contribution in [2.24, 2.45) is 0 Å². The van der Waals surface area contributed by atoms with E-state index in [1.54, 1.807) is 0 Å². The van der Waals surface area contributed by atoms with Crippen molar-refractivity contribution >= 4 is 11.5 Å². The van der Waals surface area contributed by atoms with E-state index in [0.29, 0.717) is 12.1 Å². The third-order valence-electron chi connectivity index (χ3n) is 3.13. The molecule has 1 aromatic rings. The molecular formula is C13H16N2O. The molecule has 1 fully saturated rings. The van der Waals surface area contributed by atoms with Crippen molar-refractivity contribution in [3.05, 3.63) is 41.5 Å².